The molecule has 1 amide bonds. The van der Waals surface area contributed by atoms with E-state index in [4.69, 9.17) is 5.11 Å². The molecule has 2 N–H and O–H groups in total. The van der Waals surface area contributed by atoms with Crippen LogP contribution in [-0.4, -0.2) is 17.0 Å². The molecule has 4 heteroatoms. The van der Waals surface area contributed by atoms with Crippen LogP contribution >= 0.6 is 0 Å². The average molecular weight is 287 g/mol. The van der Waals surface area contributed by atoms with Crippen LogP contribution in [0.5, 0.6) is 0 Å². The van der Waals surface area contributed by atoms with Crippen LogP contribution in [0.3, 0.4) is 0 Å². The van der Waals surface area contributed by atoms with E-state index < -0.39 is 5.97 Å². The van der Waals surface area contributed by atoms with Crippen molar-refractivity contribution >= 4 is 23.6 Å². The van der Waals surface area contributed by atoms with Gasteiger partial charge in [-0.05, 0) is 54.5 Å². The number of aliphatic carboxylic acids is 1. The van der Waals surface area contributed by atoms with Crippen LogP contribution in [0, 0.1) is 11.8 Å². The smallest absolute Gasteiger partial charge is 0.328 e. The van der Waals surface area contributed by atoms with Crippen molar-refractivity contribution in [2.24, 2.45) is 11.8 Å². The van der Waals surface area contributed by atoms with Gasteiger partial charge in [0.25, 0.3) is 0 Å². The van der Waals surface area contributed by atoms with Gasteiger partial charge < -0.3 is 10.4 Å². The summed E-state index contributed by atoms with van der Waals surface area (Å²) in [4.78, 5) is 22.7. The number of benzene rings is 1. The fourth-order valence-electron chi connectivity index (χ4n) is 2.36. The molecular formula is C17H21NO3. The number of hydrogen-bond acceptors (Lipinski definition) is 2. The summed E-state index contributed by atoms with van der Waals surface area (Å²) in [6.07, 6.45) is 5.74. The van der Waals surface area contributed by atoms with Gasteiger partial charge in [0.05, 0.1) is 0 Å². The zero-order valence-corrected chi connectivity index (χ0v) is 12.4. The van der Waals surface area contributed by atoms with E-state index in [1.54, 1.807) is 6.08 Å². The molecule has 2 rings (SSSR count). The lowest BCUT2D eigenvalue weighted by atomic mass is 10.0. The quantitative estimate of drug-likeness (QED) is 0.789. The van der Waals surface area contributed by atoms with Gasteiger partial charge >= 0.3 is 5.97 Å². The lowest BCUT2D eigenvalue weighted by molar-refractivity contribution is -0.131. The normalized spacial score (nSPS) is 15.9. The molecule has 1 fully saturated rings. The Kier molecular flexibility index (Phi) is 4.78. The lowest BCUT2D eigenvalue weighted by Crippen LogP contribution is -2.22. The van der Waals surface area contributed by atoms with E-state index in [2.05, 4.69) is 5.32 Å². The number of carboxylic acids is 1. The molecule has 1 aromatic rings. The molecule has 4 nitrogen and oxygen atoms in total. The first-order valence-corrected chi connectivity index (χ1v) is 7.36. The molecule has 1 saturated carbocycles. The predicted octanol–water partition coefficient (Wildman–Crippen LogP) is 3.33. The second kappa shape index (κ2) is 6.57. The molecule has 0 spiro atoms. The van der Waals surface area contributed by atoms with Crippen molar-refractivity contribution in [1.29, 1.82) is 0 Å². The van der Waals surface area contributed by atoms with Gasteiger partial charge in [-0.2, -0.15) is 0 Å². The highest BCUT2D eigenvalue weighted by atomic mass is 16.4. The van der Waals surface area contributed by atoms with Crippen molar-refractivity contribution < 1.29 is 14.7 Å². The van der Waals surface area contributed by atoms with Crippen molar-refractivity contribution in [3.05, 3.63) is 35.4 Å². The van der Waals surface area contributed by atoms with Crippen LogP contribution in [0.2, 0.25) is 0 Å². The molecule has 21 heavy (non-hydrogen) atoms. The molecule has 1 aliphatic carbocycles. The number of carboxylic acid groups (broad SMARTS) is 1. The van der Waals surface area contributed by atoms with E-state index in [1.165, 1.54) is 0 Å². The van der Waals surface area contributed by atoms with E-state index in [1.807, 2.05) is 32.0 Å². The Bertz CT molecular complexity index is 573. The van der Waals surface area contributed by atoms with Gasteiger partial charge in [-0.25, -0.2) is 4.79 Å². The first kappa shape index (κ1) is 15.3. The van der Waals surface area contributed by atoms with Crippen LogP contribution in [0.4, 0.5) is 5.69 Å². The molecule has 0 saturated heterocycles. The predicted molar refractivity (Wildman–Crippen MR) is 83.0 cm³/mol. The number of hydrogen-bond donors (Lipinski definition) is 2. The van der Waals surface area contributed by atoms with Crippen LogP contribution in [0.1, 0.15) is 37.8 Å². The molecule has 0 heterocycles. The highest BCUT2D eigenvalue weighted by Crippen LogP contribution is 2.37. The summed E-state index contributed by atoms with van der Waals surface area (Å²) >= 11 is 0. The molecule has 112 valence electrons. The molecule has 1 unspecified atom stereocenters. The summed E-state index contributed by atoms with van der Waals surface area (Å²) in [7, 11) is 0. The number of anilines is 1. The number of rotatable bonds is 6. The Balaban J connectivity index is 2.12. The molecule has 0 aromatic heterocycles. The van der Waals surface area contributed by atoms with Crippen molar-refractivity contribution in [2.45, 2.75) is 33.1 Å². The molecule has 1 aromatic carbocycles. The Morgan fingerprint density at radius 1 is 1.43 bits per heavy atom. The molecule has 0 aliphatic heterocycles. The highest BCUT2D eigenvalue weighted by Gasteiger charge is 2.32. The van der Waals surface area contributed by atoms with Gasteiger partial charge in [0.1, 0.15) is 0 Å². The summed E-state index contributed by atoms with van der Waals surface area (Å²) in [5.41, 5.74) is 2.66. The third kappa shape index (κ3) is 4.18. The minimum Gasteiger partial charge on any atom is -0.478 e. The Morgan fingerprint density at radius 3 is 2.71 bits per heavy atom. The number of amides is 1. The zero-order valence-electron chi connectivity index (χ0n) is 12.4. The van der Waals surface area contributed by atoms with Crippen LogP contribution < -0.4 is 5.32 Å². The third-order valence-electron chi connectivity index (χ3n) is 3.93. The number of carbonyl (C=O) groups excluding carboxylic acids is 1. The maximum Gasteiger partial charge on any atom is 0.328 e. The summed E-state index contributed by atoms with van der Waals surface area (Å²) in [6.45, 7) is 3.99. The standard InChI is InChI=1S/C17H21NO3/c1-3-13-10-12(5-9-16(19)20)4-8-15(13)18-17(21)11(2)14-6-7-14/h4-5,8-11,14H,3,6-7H2,1-2H3,(H,18,21)(H,19,20)/b9-5+. The fraction of sp³-hybridized carbons (Fsp3) is 0.412. The van der Waals surface area contributed by atoms with Crippen LogP contribution in [0.25, 0.3) is 6.08 Å². The molecule has 0 bridgehead atoms. The Labute approximate surface area is 124 Å². The first-order valence-electron chi connectivity index (χ1n) is 7.36. The van der Waals surface area contributed by atoms with Crippen molar-refractivity contribution in [3.8, 4) is 0 Å². The van der Waals surface area contributed by atoms with E-state index in [0.29, 0.717) is 5.92 Å². The van der Waals surface area contributed by atoms with Crippen molar-refractivity contribution in [3.63, 3.8) is 0 Å². The number of nitrogens with one attached hydrogen (secondary N) is 1. The monoisotopic (exact) mass is 287 g/mol. The first-order chi connectivity index (χ1) is 10.0. The van der Waals surface area contributed by atoms with E-state index in [9.17, 15) is 9.59 Å². The molecule has 0 radical (unpaired) electrons. The average Bonchev–Trinajstić information content (AvgIpc) is 3.29. The highest BCUT2D eigenvalue weighted by molar-refractivity contribution is 5.93. The minimum atomic E-state index is -0.969. The zero-order chi connectivity index (χ0) is 15.4. The maximum atomic E-state index is 12.2. The minimum absolute atomic E-state index is 0.0567. The summed E-state index contributed by atoms with van der Waals surface area (Å²) in [6, 6.07) is 5.57. The van der Waals surface area contributed by atoms with Gasteiger partial charge in [-0.1, -0.05) is 19.9 Å². The molecule has 1 aliphatic rings. The number of carbonyl (C=O) groups is 2. The SMILES string of the molecule is CCc1cc(/C=C/C(=O)O)ccc1NC(=O)C(C)C1CC1. The summed E-state index contributed by atoms with van der Waals surface area (Å²) in [5, 5.41) is 11.6. The number of aryl methyl sites for hydroxylation is 1. The summed E-state index contributed by atoms with van der Waals surface area (Å²) in [5.74, 6) is -0.307. The van der Waals surface area contributed by atoms with Crippen LogP contribution in [-0.2, 0) is 16.0 Å². The maximum absolute atomic E-state index is 12.2. The van der Waals surface area contributed by atoms with Crippen molar-refractivity contribution in [1.82, 2.24) is 0 Å². The topological polar surface area (TPSA) is 66.4 Å². The lowest BCUT2D eigenvalue weighted by Gasteiger charge is -2.14. The molecule has 1 atom stereocenters. The largest absolute Gasteiger partial charge is 0.478 e. The second-order valence-electron chi connectivity index (χ2n) is 5.56. The van der Waals surface area contributed by atoms with E-state index >= 15 is 0 Å². The Morgan fingerprint density at radius 2 is 2.14 bits per heavy atom. The van der Waals surface area contributed by atoms with Gasteiger partial charge in [0.2, 0.25) is 5.91 Å². The van der Waals surface area contributed by atoms with Gasteiger partial charge in [0, 0.05) is 17.7 Å². The van der Waals surface area contributed by atoms with E-state index in [0.717, 1.165) is 42.2 Å². The van der Waals surface area contributed by atoms with Crippen LogP contribution in [0.15, 0.2) is 24.3 Å². The van der Waals surface area contributed by atoms with Gasteiger partial charge in [-0.15, -0.1) is 0 Å². The molecular weight excluding hydrogens is 266 g/mol. The summed E-state index contributed by atoms with van der Waals surface area (Å²) < 4.78 is 0. The third-order valence-corrected chi connectivity index (χ3v) is 3.93. The van der Waals surface area contributed by atoms with E-state index in [-0.39, 0.29) is 11.8 Å². The van der Waals surface area contributed by atoms with Gasteiger partial charge in [-0.3, -0.25) is 4.79 Å². The second-order valence-corrected chi connectivity index (χ2v) is 5.56. The fourth-order valence-corrected chi connectivity index (χ4v) is 2.36. The Hall–Kier alpha value is -2.10. The van der Waals surface area contributed by atoms with Gasteiger partial charge in [0.15, 0.2) is 0 Å². The van der Waals surface area contributed by atoms with Crippen molar-refractivity contribution in [2.75, 3.05) is 5.32 Å².